The Morgan fingerprint density at radius 2 is 1.76 bits per heavy atom. The van der Waals surface area contributed by atoms with Crippen LogP contribution >= 0.6 is 0 Å². The van der Waals surface area contributed by atoms with E-state index in [1.807, 2.05) is 61.5 Å². The minimum absolute atomic E-state index is 0.140. The van der Waals surface area contributed by atoms with Crippen LogP contribution < -0.4 is 32.5 Å². The third-order valence-electron chi connectivity index (χ3n) is 8.50. The molecule has 0 spiro atoms. The van der Waals surface area contributed by atoms with Crippen LogP contribution in [-0.2, 0) is 30.3 Å². The number of hydrogen-bond acceptors (Lipinski definition) is 10. The highest BCUT2D eigenvalue weighted by Crippen LogP contribution is 2.30. The smallest absolute Gasteiger partial charge is 0.407 e. The van der Waals surface area contributed by atoms with E-state index in [0.29, 0.717) is 38.3 Å². The summed E-state index contributed by atoms with van der Waals surface area (Å²) in [6.07, 6.45) is 5.84. The van der Waals surface area contributed by atoms with Gasteiger partial charge in [-0.3, -0.25) is 19.1 Å². The van der Waals surface area contributed by atoms with E-state index in [4.69, 9.17) is 24.7 Å². The highest BCUT2D eigenvalue weighted by molar-refractivity contribution is 5.91. The second-order valence-electron chi connectivity index (χ2n) is 12.2. The number of amides is 2. The molecule has 0 saturated carbocycles. The van der Waals surface area contributed by atoms with Crippen molar-refractivity contribution in [1.29, 1.82) is 0 Å². The molecule has 2 heterocycles. The summed E-state index contributed by atoms with van der Waals surface area (Å²) >= 11 is 0. The molecule has 0 bridgehead atoms. The number of unbranched alkanes of at least 4 members (excludes halogenated alkanes) is 3. The lowest BCUT2D eigenvalue weighted by Gasteiger charge is -2.23. The summed E-state index contributed by atoms with van der Waals surface area (Å²) in [6, 6.07) is 17.3. The lowest BCUT2D eigenvalue weighted by molar-refractivity contribution is -0.116. The van der Waals surface area contributed by atoms with Gasteiger partial charge in [0.1, 0.15) is 18.9 Å². The highest BCUT2D eigenvalue weighted by atomic mass is 16.6. The lowest BCUT2D eigenvalue weighted by Crippen LogP contribution is -2.33. The Hall–Kier alpha value is -4.92. The first kappa shape index (κ1) is 38.9. The molecule has 51 heavy (non-hydrogen) atoms. The molecule has 1 aliphatic heterocycles. The summed E-state index contributed by atoms with van der Waals surface area (Å²) in [7, 11) is 1.58. The standard InChI is InChI=1S/C37H50N6O8/c1-3-42(30-16-14-29(38)15-17-30)21-22-50-37(47)40-20-10-5-4-9-19-39-33(44)18-13-28-24-43(36(46)41-35(28)45)34-23-31(48-2)32(51-34)26-49-25-27-11-7-6-8-12-27/h6-8,11-18,24,31-32,34H,3-5,9-10,19-23,25-26,38H2,1-2H3,(H,39,44)(H,40,47)(H,41,45,46)/b18-13+. The molecular weight excluding hydrogens is 656 g/mol. The molecule has 0 radical (unpaired) electrons. The van der Waals surface area contributed by atoms with Crippen molar-refractivity contribution < 1.29 is 28.5 Å². The number of alkyl carbamates (subject to hydrolysis) is 1. The van der Waals surface area contributed by atoms with Crippen molar-refractivity contribution in [3.8, 4) is 0 Å². The Bertz CT molecular complexity index is 1660. The Kier molecular flexibility index (Phi) is 15.8. The van der Waals surface area contributed by atoms with E-state index in [1.165, 1.54) is 22.9 Å². The third-order valence-corrected chi connectivity index (χ3v) is 8.50. The minimum atomic E-state index is -0.677. The van der Waals surface area contributed by atoms with Crippen LogP contribution in [0.1, 0.15) is 56.4 Å². The maximum absolute atomic E-state index is 12.7. The van der Waals surface area contributed by atoms with Crippen molar-refractivity contribution in [3.05, 3.63) is 98.8 Å². The fourth-order valence-corrected chi connectivity index (χ4v) is 5.65. The minimum Gasteiger partial charge on any atom is -0.448 e. The summed E-state index contributed by atoms with van der Waals surface area (Å²) in [6.45, 7) is 5.31. The Labute approximate surface area is 297 Å². The van der Waals surface area contributed by atoms with E-state index in [-0.39, 0.29) is 30.8 Å². The Balaban J connectivity index is 1.10. The molecule has 0 aliphatic carbocycles. The number of carbonyl (C=O) groups excluding carboxylic acids is 2. The normalized spacial score (nSPS) is 17.0. The Morgan fingerprint density at radius 3 is 2.47 bits per heavy atom. The predicted octanol–water partition coefficient (Wildman–Crippen LogP) is 3.58. The quantitative estimate of drug-likeness (QED) is 0.0771. The number of methoxy groups -OCH3 is 1. The van der Waals surface area contributed by atoms with E-state index in [9.17, 15) is 19.2 Å². The van der Waals surface area contributed by atoms with Crippen LogP contribution in [0.25, 0.3) is 6.08 Å². The van der Waals surface area contributed by atoms with E-state index < -0.39 is 29.7 Å². The van der Waals surface area contributed by atoms with E-state index in [2.05, 4.69) is 20.5 Å². The van der Waals surface area contributed by atoms with Gasteiger partial charge in [-0.05, 0) is 55.7 Å². The van der Waals surface area contributed by atoms with Crippen molar-refractivity contribution in [1.82, 2.24) is 20.2 Å². The van der Waals surface area contributed by atoms with Gasteiger partial charge in [0.25, 0.3) is 5.56 Å². The largest absolute Gasteiger partial charge is 0.448 e. The molecule has 3 unspecified atom stereocenters. The topological polar surface area (TPSA) is 179 Å². The van der Waals surface area contributed by atoms with E-state index in [1.54, 1.807) is 7.11 Å². The number of anilines is 2. The zero-order chi connectivity index (χ0) is 36.4. The lowest BCUT2D eigenvalue weighted by atomic mass is 10.2. The molecule has 2 aromatic carbocycles. The maximum Gasteiger partial charge on any atom is 0.407 e. The third kappa shape index (κ3) is 12.7. The van der Waals surface area contributed by atoms with Crippen molar-refractivity contribution in [2.75, 3.05) is 57.1 Å². The van der Waals surface area contributed by atoms with E-state index >= 15 is 0 Å². The van der Waals surface area contributed by atoms with Gasteiger partial charge in [0.05, 0.1) is 31.4 Å². The number of nitrogens with zero attached hydrogens (tertiary/aromatic N) is 2. The summed E-state index contributed by atoms with van der Waals surface area (Å²) < 4.78 is 24.1. The average molecular weight is 707 g/mol. The van der Waals surface area contributed by atoms with Crippen LogP contribution in [0.5, 0.6) is 0 Å². The number of nitrogens with one attached hydrogen (secondary N) is 3. The van der Waals surface area contributed by atoms with Crippen molar-refractivity contribution in [2.45, 2.75) is 64.1 Å². The van der Waals surface area contributed by atoms with Gasteiger partial charge in [-0.2, -0.15) is 0 Å². The number of rotatable bonds is 20. The fraction of sp³-hybridized carbons (Fsp3) is 0.459. The number of aromatic nitrogens is 2. The molecular formula is C37H50N6O8. The fourth-order valence-electron chi connectivity index (χ4n) is 5.65. The van der Waals surface area contributed by atoms with Gasteiger partial charge in [0.15, 0.2) is 0 Å². The number of H-pyrrole nitrogens is 1. The first-order valence-electron chi connectivity index (χ1n) is 17.4. The van der Waals surface area contributed by atoms with Crippen molar-refractivity contribution in [2.24, 2.45) is 0 Å². The summed E-state index contributed by atoms with van der Waals surface area (Å²) in [5, 5.41) is 5.57. The first-order chi connectivity index (χ1) is 24.8. The zero-order valence-electron chi connectivity index (χ0n) is 29.4. The van der Waals surface area contributed by atoms with Gasteiger partial charge in [-0.15, -0.1) is 0 Å². The van der Waals surface area contributed by atoms with Gasteiger partial charge in [0.2, 0.25) is 5.91 Å². The van der Waals surface area contributed by atoms with Gasteiger partial charge in [0, 0.05) is 56.8 Å². The number of benzene rings is 2. The SMILES string of the molecule is CCN(CCOC(=O)NCCCCCCNC(=O)/C=C/c1cn(C2CC(OC)C(COCc3ccccc3)O2)c(=O)[nH]c1=O)c1ccc(N)cc1. The number of carbonyl (C=O) groups is 2. The number of nitrogens with two attached hydrogens (primary N) is 1. The second kappa shape index (κ2) is 20.7. The molecule has 14 nitrogen and oxygen atoms in total. The van der Waals surface area contributed by atoms with E-state index in [0.717, 1.165) is 43.5 Å². The van der Waals surface area contributed by atoms with Gasteiger partial charge in [-0.1, -0.05) is 43.2 Å². The first-order valence-corrected chi connectivity index (χ1v) is 17.4. The molecule has 14 heteroatoms. The van der Waals surface area contributed by atoms with Gasteiger partial charge in [-0.25, -0.2) is 9.59 Å². The molecule has 276 valence electrons. The number of ether oxygens (including phenoxy) is 4. The number of hydrogen-bond donors (Lipinski definition) is 4. The van der Waals surface area contributed by atoms with Crippen molar-refractivity contribution in [3.63, 3.8) is 0 Å². The second-order valence-corrected chi connectivity index (χ2v) is 12.2. The summed E-state index contributed by atoms with van der Waals surface area (Å²) in [5.41, 5.74) is 7.42. The predicted molar refractivity (Wildman–Crippen MR) is 195 cm³/mol. The maximum atomic E-state index is 12.7. The molecule has 2 amide bonds. The van der Waals surface area contributed by atoms with Crippen LogP contribution in [-0.4, -0.2) is 80.3 Å². The highest BCUT2D eigenvalue weighted by Gasteiger charge is 2.37. The average Bonchev–Trinajstić information content (AvgIpc) is 3.54. The molecule has 5 N–H and O–H groups in total. The van der Waals surface area contributed by atoms with Crippen molar-refractivity contribution >= 4 is 29.5 Å². The van der Waals surface area contributed by atoms with Gasteiger partial charge < -0.3 is 40.2 Å². The molecule has 3 atom stereocenters. The molecule has 1 saturated heterocycles. The van der Waals surface area contributed by atoms with Crippen LogP contribution in [0, 0.1) is 0 Å². The van der Waals surface area contributed by atoms with Crippen LogP contribution in [0.3, 0.4) is 0 Å². The zero-order valence-corrected chi connectivity index (χ0v) is 29.4. The van der Waals surface area contributed by atoms with Gasteiger partial charge >= 0.3 is 11.8 Å². The summed E-state index contributed by atoms with van der Waals surface area (Å²) in [5.74, 6) is -0.359. The summed E-state index contributed by atoms with van der Waals surface area (Å²) in [4.78, 5) is 54.0. The molecule has 3 aromatic rings. The monoisotopic (exact) mass is 706 g/mol. The Morgan fingerprint density at radius 1 is 1.04 bits per heavy atom. The molecule has 4 rings (SSSR count). The van der Waals surface area contributed by atoms with Crippen LogP contribution in [0.2, 0.25) is 0 Å². The molecule has 1 fully saturated rings. The molecule has 1 aromatic heterocycles. The van der Waals surface area contributed by atoms with Crippen LogP contribution in [0.15, 0.2) is 76.5 Å². The number of likely N-dealkylation sites (N-methyl/N-ethyl adjacent to an activating group) is 1. The van der Waals surface area contributed by atoms with Crippen LogP contribution in [0.4, 0.5) is 16.2 Å². The molecule has 1 aliphatic rings. The number of aromatic amines is 1. The number of nitrogen functional groups attached to an aromatic ring is 1.